The van der Waals surface area contributed by atoms with Crippen LogP contribution in [-0.4, -0.2) is 50.7 Å². The summed E-state index contributed by atoms with van der Waals surface area (Å²) in [4.78, 5) is 17.1. The summed E-state index contributed by atoms with van der Waals surface area (Å²) in [6.45, 7) is 6.88. The summed E-state index contributed by atoms with van der Waals surface area (Å²) in [5.41, 5.74) is 2.03. The highest BCUT2D eigenvalue weighted by atomic mass is 79.9. The van der Waals surface area contributed by atoms with Crippen LogP contribution in [0.5, 0.6) is 0 Å². The normalized spacial score (nSPS) is 15.2. The molecule has 4 rings (SSSR count). The number of pyridine rings is 1. The van der Waals surface area contributed by atoms with Crippen LogP contribution in [0.25, 0.3) is 5.78 Å². The zero-order valence-electron chi connectivity index (χ0n) is 13.9. The molecule has 0 saturated carbocycles. The van der Waals surface area contributed by atoms with Crippen molar-refractivity contribution >= 4 is 33.3 Å². The lowest BCUT2D eigenvalue weighted by Gasteiger charge is -2.37. The number of aryl methyl sites for hydroxylation is 1. The maximum atomic E-state index is 14.2. The molecule has 0 aliphatic carbocycles. The highest BCUT2D eigenvalue weighted by molar-refractivity contribution is 9.10. The minimum atomic E-state index is -0.308. The Morgan fingerprint density at radius 2 is 1.80 bits per heavy atom. The third kappa shape index (κ3) is 2.82. The second kappa shape index (κ2) is 6.21. The molecule has 4 heterocycles. The molecule has 0 spiro atoms. The molecule has 0 radical (unpaired) electrons. The average molecular weight is 406 g/mol. The fourth-order valence-electron chi connectivity index (χ4n) is 3.16. The number of anilines is 2. The Bertz CT molecular complexity index is 934. The molecule has 1 fully saturated rings. The molecule has 0 unspecified atom stereocenters. The van der Waals surface area contributed by atoms with Crippen LogP contribution in [0.15, 0.2) is 23.1 Å². The number of halogens is 2. The number of hydrogen-bond acceptors (Lipinski definition) is 6. The van der Waals surface area contributed by atoms with E-state index in [1.165, 1.54) is 12.4 Å². The Morgan fingerprint density at radius 3 is 2.52 bits per heavy atom. The largest absolute Gasteiger partial charge is 0.353 e. The molecule has 3 aromatic heterocycles. The SMILES string of the molecule is Cc1nc2ncnn2c(N2CCN(c3ncc(Br)cc3F)CC2)c1C. The second-order valence-electron chi connectivity index (χ2n) is 6.05. The molecule has 7 nitrogen and oxygen atoms in total. The average Bonchev–Trinajstić information content (AvgIpc) is 3.04. The second-order valence-corrected chi connectivity index (χ2v) is 6.97. The van der Waals surface area contributed by atoms with Crippen LogP contribution in [0.4, 0.5) is 16.0 Å². The maximum Gasteiger partial charge on any atom is 0.254 e. The molecule has 0 atom stereocenters. The summed E-state index contributed by atoms with van der Waals surface area (Å²) >= 11 is 3.24. The molecule has 130 valence electrons. The lowest BCUT2D eigenvalue weighted by molar-refractivity contribution is 0.583. The summed E-state index contributed by atoms with van der Waals surface area (Å²) in [5.74, 6) is 1.69. The van der Waals surface area contributed by atoms with Gasteiger partial charge in [-0.3, -0.25) is 0 Å². The summed E-state index contributed by atoms with van der Waals surface area (Å²) in [6, 6.07) is 1.45. The number of piperazine rings is 1. The van der Waals surface area contributed by atoms with Crippen LogP contribution in [-0.2, 0) is 0 Å². The predicted molar refractivity (Wildman–Crippen MR) is 96.6 cm³/mol. The zero-order valence-corrected chi connectivity index (χ0v) is 15.5. The zero-order chi connectivity index (χ0) is 17.6. The first-order chi connectivity index (χ1) is 12.0. The first-order valence-electron chi connectivity index (χ1n) is 8.02. The highest BCUT2D eigenvalue weighted by Crippen LogP contribution is 2.26. The van der Waals surface area contributed by atoms with Gasteiger partial charge in [-0.25, -0.2) is 14.4 Å². The first-order valence-corrected chi connectivity index (χ1v) is 8.82. The van der Waals surface area contributed by atoms with Gasteiger partial charge in [0, 0.05) is 48.1 Å². The molecule has 0 amide bonds. The van der Waals surface area contributed by atoms with Crippen molar-refractivity contribution in [1.29, 1.82) is 0 Å². The van der Waals surface area contributed by atoms with Gasteiger partial charge >= 0.3 is 0 Å². The minimum Gasteiger partial charge on any atom is -0.353 e. The van der Waals surface area contributed by atoms with Gasteiger partial charge in [-0.05, 0) is 35.8 Å². The van der Waals surface area contributed by atoms with Crippen molar-refractivity contribution in [3.05, 3.63) is 40.1 Å². The van der Waals surface area contributed by atoms with Gasteiger partial charge in [0.05, 0.1) is 0 Å². The van der Waals surface area contributed by atoms with Gasteiger partial charge < -0.3 is 9.80 Å². The van der Waals surface area contributed by atoms with E-state index in [-0.39, 0.29) is 5.82 Å². The van der Waals surface area contributed by atoms with Crippen molar-refractivity contribution in [2.75, 3.05) is 36.0 Å². The Labute approximate surface area is 152 Å². The third-order valence-electron chi connectivity index (χ3n) is 4.54. The quantitative estimate of drug-likeness (QED) is 0.651. The van der Waals surface area contributed by atoms with Crippen LogP contribution in [0, 0.1) is 19.7 Å². The molecule has 0 N–H and O–H groups in total. The Balaban J connectivity index is 1.60. The van der Waals surface area contributed by atoms with E-state index < -0.39 is 0 Å². The molecule has 1 saturated heterocycles. The monoisotopic (exact) mass is 405 g/mol. The van der Waals surface area contributed by atoms with Crippen LogP contribution in [0.1, 0.15) is 11.3 Å². The van der Waals surface area contributed by atoms with Crippen molar-refractivity contribution in [3.8, 4) is 0 Å². The summed E-state index contributed by atoms with van der Waals surface area (Å²) < 4.78 is 16.6. The molecular formula is C16H17BrFN7. The van der Waals surface area contributed by atoms with Crippen LogP contribution in [0.3, 0.4) is 0 Å². The van der Waals surface area contributed by atoms with Gasteiger partial charge in [0.1, 0.15) is 12.1 Å². The molecule has 1 aliphatic heterocycles. The molecular weight excluding hydrogens is 389 g/mol. The lowest BCUT2D eigenvalue weighted by Crippen LogP contribution is -2.48. The van der Waals surface area contributed by atoms with Crippen molar-refractivity contribution in [2.45, 2.75) is 13.8 Å². The van der Waals surface area contributed by atoms with Crippen molar-refractivity contribution in [3.63, 3.8) is 0 Å². The Kier molecular flexibility index (Phi) is 4.03. The van der Waals surface area contributed by atoms with E-state index >= 15 is 0 Å². The number of nitrogens with zero attached hydrogens (tertiary/aromatic N) is 7. The summed E-state index contributed by atoms with van der Waals surface area (Å²) in [6.07, 6.45) is 3.14. The fourth-order valence-corrected chi connectivity index (χ4v) is 3.46. The standard InChI is InChI=1S/C16H17BrFN7/c1-10-11(2)22-16-20-9-21-25(16)15(10)24-5-3-23(4-6-24)14-13(18)7-12(17)8-19-14/h7-9H,3-6H2,1-2H3. The molecule has 1 aliphatic rings. The number of aromatic nitrogens is 5. The summed E-state index contributed by atoms with van der Waals surface area (Å²) in [5, 5.41) is 4.31. The molecule has 25 heavy (non-hydrogen) atoms. The van der Waals surface area contributed by atoms with Gasteiger partial charge in [0.25, 0.3) is 5.78 Å². The van der Waals surface area contributed by atoms with E-state index in [9.17, 15) is 4.39 Å². The van der Waals surface area contributed by atoms with Gasteiger partial charge in [-0.15, -0.1) is 0 Å². The van der Waals surface area contributed by atoms with Gasteiger partial charge in [-0.2, -0.15) is 14.6 Å². The van der Waals surface area contributed by atoms with E-state index in [0.717, 1.165) is 30.2 Å². The van der Waals surface area contributed by atoms with E-state index in [2.05, 4.69) is 40.9 Å². The van der Waals surface area contributed by atoms with Crippen LogP contribution in [0.2, 0.25) is 0 Å². The fraction of sp³-hybridized carbons (Fsp3) is 0.375. The minimum absolute atomic E-state index is 0.308. The van der Waals surface area contributed by atoms with Crippen molar-refractivity contribution in [2.24, 2.45) is 0 Å². The first kappa shape index (κ1) is 16.2. The highest BCUT2D eigenvalue weighted by Gasteiger charge is 2.24. The van der Waals surface area contributed by atoms with Crippen LogP contribution >= 0.6 is 15.9 Å². The van der Waals surface area contributed by atoms with Crippen LogP contribution < -0.4 is 9.80 Å². The van der Waals surface area contributed by atoms with E-state index in [4.69, 9.17) is 0 Å². The van der Waals surface area contributed by atoms with E-state index in [1.54, 1.807) is 10.7 Å². The topological polar surface area (TPSA) is 62.5 Å². The van der Waals surface area contributed by atoms with Crippen molar-refractivity contribution in [1.82, 2.24) is 24.6 Å². The predicted octanol–water partition coefficient (Wildman–Crippen LogP) is 2.36. The molecule has 3 aromatic rings. The van der Waals surface area contributed by atoms with E-state index in [0.29, 0.717) is 29.2 Å². The number of rotatable bonds is 2. The van der Waals surface area contributed by atoms with Gasteiger partial charge in [0.2, 0.25) is 0 Å². The number of hydrogen-bond donors (Lipinski definition) is 0. The Hall–Kier alpha value is -2.29. The molecule has 0 bridgehead atoms. The molecule has 9 heteroatoms. The lowest BCUT2D eigenvalue weighted by atomic mass is 10.2. The third-order valence-corrected chi connectivity index (χ3v) is 4.98. The van der Waals surface area contributed by atoms with E-state index in [1.807, 2.05) is 18.7 Å². The Morgan fingerprint density at radius 1 is 1.08 bits per heavy atom. The van der Waals surface area contributed by atoms with Gasteiger partial charge in [0.15, 0.2) is 11.6 Å². The molecule has 0 aromatic carbocycles. The van der Waals surface area contributed by atoms with Crippen molar-refractivity contribution < 1.29 is 4.39 Å². The summed E-state index contributed by atoms with van der Waals surface area (Å²) in [7, 11) is 0. The maximum absolute atomic E-state index is 14.2. The number of fused-ring (bicyclic) bond motifs is 1. The van der Waals surface area contributed by atoms with Gasteiger partial charge in [-0.1, -0.05) is 0 Å². The smallest absolute Gasteiger partial charge is 0.254 e.